The fraction of sp³-hybridized carbons (Fsp3) is 0.222. The molecule has 0 saturated carbocycles. The van der Waals surface area contributed by atoms with Crippen molar-refractivity contribution in [3.05, 3.63) is 27.8 Å². The Hall–Kier alpha value is -2.36. The molecule has 0 saturated heterocycles. The van der Waals surface area contributed by atoms with Gasteiger partial charge in [0.2, 0.25) is 10.0 Å². The van der Waals surface area contributed by atoms with Gasteiger partial charge in [-0.15, -0.1) is 0 Å². The molecule has 1 rings (SSSR count). The fourth-order valence-electron chi connectivity index (χ4n) is 1.17. The first-order valence-electron chi connectivity index (χ1n) is 4.80. The summed E-state index contributed by atoms with van der Waals surface area (Å²) in [6, 6.07) is 2.07. The van der Waals surface area contributed by atoms with Crippen molar-refractivity contribution in [3.8, 4) is 11.5 Å². The van der Waals surface area contributed by atoms with Crippen molar-refractivity contribution in [1.29, 1.82) is 0 Å². The Bertz CT molecular complexity index is 625. The second kappa shape index (κ2) is 5.52. The summed E-state index contributed by atoms with van der Waals surface area (Å²) in [7, 11) is -2.31. The Morgan fingerprint density at radius 2 is 2.16 bits per heavy atom. The van der Waals surface area contributed by atoms with E-state index in [1.54, 1.807) is 4.83 Å². The molecule has 1 aromatic carbocycles. The van der Waals surface area contributed by atoms with E-state index in [4.69, 9.17) is 4.74 Å². The zero-order valence-electron chi connectivity index (χ0n) is 10.0. The van der Waals surface area contributed by atoms with Gasteiger partial charge in [0, 0.05) is 11.6 Å². The molecule has 9 nitrogen and oxygen atoms in total. The lowest BCUT2D eigenvalue weighted by Gasteiger charge is -2.05. The van der Waals surface area contributed by atoms with Gasteiger partial charge in [-0.3, -0.25) is 10.1 Å². The number of ether oxygens (including phenoxy) is 1. The van der Waals surface area contributed by atoms with Crippen molar-refractivity contribution in [2.24, 2.45) is 5.10 Å². The Morgan fingerprint density at radius 3 is 2.63 bits per heavy atom. The fourth-order valence-corrected chi connectivity index (χ4v) is 1.41. The summed E-state index contributed by atoms with van der Waals surface area (Å²) < 4.78 is 26.3. The van der Waals surface area contributed by atoms with E-state index in [1.165, 1.54) is 7.11 Å². The molecule has 0 unspecified atom stereocenters. The number of nitrogens with zero attached hydrogens (tertiary/aromatic N) is 2. The summed E-state index contributed by atoms with van der Waals surface area (Å²) in [5.41, 5.74) is -0.377. The van der Waals surface area contributed by atoms with Crippen LogP contribution >= 0.6 is 0 Å². The van der Waals surface area contributed by atoms with Crippen molar-refractivity contribution in [3.63, 3.8) is 0 Å². The van der Waals surface area contributed by atoms with Crippen LogP contribution in [0.25, 0.3) is 0 Å². The van der Waals surface area contributed by atoms with Gasteiger partial charge >= 0.3 is 0 Å². The number of rotatable bonds is 5. The first-order chi connectivity index (χ1) is 8.74. The third-order valence-corrected chi connectivity index (χ3v) is 2.38. The number of methoxy groups -OCH3 is 1. The number of hydrazone groups is 1. The van der Waals surface area contributed by atoms with Gasteiger partial charge in [-0.05, 0) is 0 Å². The van der Waals surface area contributed by atoms with Crippen LogP contribution in [0.5, 0.6) is 11.5 Å². The number of benzene rings is 1. The predicted molar refractivity (Wildman–Crippen MR) is 66.9 cm³/mol. The molecule has 0 spiro atoms. The van der Waals surface area contributed by atoms with Gasteiger partial charge in [0.1, 0.15) is 0 Å². The molecule has 0 bridgehead atoms. The monoisotopic (exact) mass is 289 g/mol. The predicted octanol–water partition coefficient (Wildman–Crippen LogP) is 0.192. The molecule has 0 radical (unpaired) electrons. The molecule has 0 aliphatic heterocycles. The maximum absolute atomic E-state index is 10.8. The lowest BCUT2D eigenvalue weighted by Crippen LogP contribution is -2.15. The number of phenols is 1. The molecule has 0 fully saturated rings. The molecule has 1 aromatic rings. The number of nitrogens with one attached hydrogen (secondary N) is 1. The van der Waals surface area contributed by atoms with E-state index in [0.717, 1.165) is 24.6 Å². The molecule has 0 amide bonds. The average molecular weight is 289 g/mol. The van der Waals surface area contributed by atoms with Crippen molar-refractivity contribution >= 4 is 21.9 Å². The highest BCUT2D eigenvalue weighted by molar-refractivity contribution is 7.88. The molecule has 0 aliphatic carbocycles. The van der Waals surface area contributed by atoms with Gasteiger partial charge in [0.25, 0.3) is 5.69 Å². The van der Waals surface area contributed by atoms with Crippen molar-refractivity contribution in [2.75, 3.05) is 13.4 Å². The highest BCUT2D eigenvalue weighted by Crippen LogP contribution is 2.33. The van der Waals surface area contributed by atoms with Crippen LogP contribution in [0.4, 0.5) is 5.69 Å². The molecule has 10 heteroatoms. The normalized spacial score (nSPS) is 11.5. The lowest BCUT2D eigenvalue weighted by molar-refractivity contribution is -0.385. The second-order valence-corrected chi connectivity index (χ2v) is 5.19. The first kappa shape index (κ1) is 14.7. The minimum atomic E-state index is -3.54. The number of nitro benzene ring substituents is 1. The molecule has 0 atom stereocenters. The van der Waals surface area contributed by atoms with Crippen LogP contribution in [-0.4, -0.2) is 38.0 Å². The minimum Gasteiger partial charge on any atom is -0.504 e. The Labute approximate surface area is 108 Å². The minimum absolute atomic E-state index is 0.0535. The number of nitro groups is 1. The van der Waals surface area contributed by atoms with E-state index in [1.807, 2.05) is 0 Å². The molecule has 19 heavy (non-hydrogen) atoms. The number of phenolic OH excluding ortho intramolecular Hbond substituents is 1. The van der Waals surface area contributed by atoms with Crippen molar-refractivity contribution < 1.29 is 23.2 Å². The Morgan fingerprint density at radius 1 is 1.53 bits per heavy atom. The van der Waals surface area contributed by atoms with E-state index >= 15 is 0 Å². The van der Waals surface area contributed by atoms with E-state index < -0.39 is 14.9 Å². The van der Waals surface area contributed by atoms with Crippen LogP contribution in [0.15, 0.2) is 17.2 Å². The zero-order chi connectivity index (χ0) is 14.6. The van der Waals surface area contributed by atoms with Crippen molar-refractivity contribution in [2.45, 2.75) is 0 Å². The van der Waals surface area contributed by atoms with E-state index in [0.29, 0.717) is 0 Å². The molecular weight excluding hydrogens is 278 g/mol. The van der Waals surface area contributed by atoms with Crippen molar-refractivity contribution in [1.82, 2.24) is 4.83 Å². The van der Waals surface area contributed by atoms with Gasteiger partial charge in [-0.25, -0.2) is 13.2 Å². The largest absolute Gasteiger partial charge is 0.504 e. The third kappa shape index (κ3) is 4.10. The highest BCUT2D eigenvalue weighted by atomic mass is 32.2. The standard InChI is InChI=1S/C9H11N3O6S/c1-18-8-4-7(12(14)15)3-6(9(8)13)5-10-11-19(2,16)17/h3-5,11,13H,1-2H3/b10-5-. The number of aromatic hydroxyl groups is 1. The van der Waals surface area contributed by atoms with E-state index in [9.17, 15) is 23.6 Å². The molecule has 0 heterocycles. The Kier molecular flexibility index (Phi) is 4.27. The van der Waals surface area contributed by atoms with Crippen LogP contribution in [0.3, 0.4) is 0 Å². The summed E-state index contributed by atoms with van der Waals surface area (Å²) in [6.45, 7) is 0. The topological polar surface area (TPSA) is 131 Å². The molecular formula is C9H11N3O6S. The summed E-state index contributed by atoms with van der Waals surface area (Å²) in [5.74, 6) is -0.498. The number of hydrogen-bond acceptors (Lipinski definition) is 7. The van der Waals surface area contributed by atoms with Gasteiger partial charge in [-0.2, -0.15) is 5.10 Å². The second-order valence-electron chi connectivity index (χ2n) is 3.46. The maximum atomic E-state index is 10.8. The quantitative estimate of drug-likeness (QED) is 0.452. The zero-order valence-corrected chi connectivity index (χ0v) is 10.8. The molecule has 104 valence electrons. The number of hydrogen-bond donors (Lipinski definition) is 2. The average Bonchev–Trinajstić information content (AvgIpc) is 2.29. The van der Waals surface area contributed by atoms with Crippen LogP contribution in [0.2, 0.25) is 0 Å². The summed E-state index contributed by atoms with van der Waals surface area (Å²) in [4.78, 5) is 11.8. The van der Waals surface area contributed by atoms with Crippen LogP contribution < -0.4 is 9.57 Å². The molecule has 0 aromatic heterocycles. The van der Waals surface area contributed by atoms with Crippen LogP contribution in [0.1, 0.15) is 5.56 Å². The van der Waals surface area contributed by atoms with Gasteiger partial charge in [-0.1, -0.05) is 0 Å². The van der Waals surface area contributed by atoms with E-state index in [-0.39, 0.29) is 22.7 Å². The Balaban J connectivity index is 3.19. The van der Waals surface area contributed by atoms with Crippen LogP contribution in [-0.2, 0) is 10.0 Å². The van der Waals surface area contributed by atoms with Gasteiger partial charge in [0.15, 0.2) is 11.5 Å². The lowest BCUT2D eigenvalue weighted by atomic mass is 10.2. The van der Waals surface area contributed by atoms with Gasteiger partial charge < -0.3 is 9.84 Å². The summed E-state index contributed by atoms with van der Waals surface area (Å²) >= 11 is 0. The highest BCUT2D eigenvalue weighted by Gasteiger charge is 2.15. The summed E-state index contributed by atoms with van der Waals surface area (Å²) in [5, 5.41) is 23.7. The molecule has 2 N–H and O–H groups in total. The smallest absolute Gasteiger partial charge is 0.274 e. The van der Waals surface area contributed by atoms with Gasteiger partial charge in [0.05, 0.1) is 30.6 Å². The number of non-ortho nitro benzene ring substituents is 1. The summed E-state index contributed by atoms with van der Waals surface area (Å²) in [6.07, 6.45) is 1.82. The first-order valence-corrected chi connectivity index (χ1v) is 6.69. The van der Waals surface area contributed by atoms with Crippen LogP contribution in [0, 0.1) is 10.1 Å². The SMILES string of the molecule is COc1cc([N+](=O)[O-])cc(/C=N\NS(C)(=O)=O)c1O. The molecule has 0 aliphatic rings. The number of sulfonamides is 1. The maximum Gasteiger partial charge on any atom is 0.274 e. The third-order valence-electron chi connectivity index (χ3n) is 1.94. The van der Waals surface area contributed by atoms with E-state index in [2.05, 4.69) is 5.10 Å².